The lowest BCUT2D eigenvalue weighted by molar-refractivity contribution is 0.558. The van der Waals surface area contributed by atoms with Crippen molar-refractivity contribution in [2.24, 2.45) is 0 Å². The highest BCUT2D eigenvalue weighted by molar-refractivity contribution is 7.80. The van der Waals surface area contributed by atoms with Crippen LogP contribution in [0.4, 0.5) is 5.82 Å². The van der Waals surface area contributed by atoms with Crippen LogP contribution >= 0.6 is 35.4 Å². The molecule has 0 fully saturated rings. The molecule has 0 unspecified atom stereocenters. The van der Waals surface area contributed by atoms with Crippen LogP contribution in [0.2, 0.25) is 10.0 Å². The Morgan fingerprint density at radius 2 is 1.86 bits per heavy atom. The Morgan fingerprint density at radius 3 is 2.54 bits per heavy atom. The normalized spacial score (nSPS) is 10.9. The molecule has 0 radical (unpaired) electrons. The molecule has 1 aromatic carbocycles. The smallest absolute Gasteiger partial charge is 0.171 e. The Balaban J connectivity index is 1.42. The molecule has 9 heteroatoms. The van der Waals surface area contributed by atoms with Gasteiger partial charge in [0.2, 0.25) is 0 Å². The van der Waals surface area contributed by atoms with Crippen LogP contribution in [0.1, 0.15) is 23.4 Å². The van der Waals surface area contributed by atoms with Crippen molar-refractivity contribution < 1.29 is 0 Å². The van der Waals surface area contributed by atoms with Crippen molar-refractivity contribution >= 4 is 46.4 Å². The number of hydrogen-bond acceptors (Lipinski definition) is 3. The van der Waals surface area contributed by atoms with Gasteiger partial charge in [0.25, 0.3) is 0 Å². The third-order valence-corrected chi connectivity index (χ3v) is 5.31. The summed E-state index contributed by atoms with van der Waals surface area (Å²) in [5.74, 6) is 0.705. The predicted molar refractivity (Wildman–Crippen MR) is 118 cm³/mol. The van der Waals surface area contributed by atoms with Crippen LogP contribution in [0.5, 0.6) is 0 Å². The van der Waals surface area contributed by atoms with Gasteiger partial charge >= 0.3 is 0 Å². The molecule has 28 heavy (non-hydrogen) atoms. The summed E-state index contributed by atoms with van der Waals surface area (Å²) < 4.78 is 3.77. The van der Waals surface area contributed by atoms with E-state index in [1.165, 1.54) is 0 Å². The number of benzene rings is 1. The molecule has 2 aromatic heterocycles. The van der Waals surface area contributed by atoms with Gasteiger partial charge in [-0.1, -0.05) is 35.3 Å². The monoisotopic (exact) mass is 436 g/mol. The fourth-order valence-electron chi connectivity index (χ4n) is 2.78. The first-order chi connectivity index (χ1) is 13.4. The molecule has 148 valence electrons. The SMILES string of the molecule is Cc1nn(CCCNC(=S)Nc2ccn(Cc3ccc(Cl)cc3)n2)c(C)c1Cl. The minimum Gasteiger partial charge on any atom is -0.362 e. The van der Waals surface area contributed by atoms with Crippen molar-refractivity contribution in [1.29, 1.82) is 0 Å². The van der Waals surface area contributed by atoms with E-state index < -0.39 is 0 Å². The Morgan fingerprint density at radius 1 is 1.11 bits per heavy atom. The number of thiocarbonyl (C=S) groups is 1. The van der Waals surface area contributed by atoms with Gasteiger partial charge < -0.3 is 10.6 Å². The Kier molecular flexibility index (Phi) is 6.93. The maximum atomic E-state index is 6.17. The van der Waals surface area contributed by atoms with Crippen molar-refractivity contribution in [2.75, 3.05) is 11.9 Å². The van der Waals surface area contributed by atoms with Crippen LogP contribution in [0.3, 0.4) is 0 Å². The molecular formula is C19H22Cl2N6S. The second-order valence-corrected chi connectivity index (χ2v) is 7.69. The molecule has 3 rings (SSSR count). The number of halogens is 2. The highest BCUT2D eigenvalue weighted by Crippen LogP contribution is 2.18. The predicted octanol–water partition coefficient (Wildman–Crippen LogP) is 4.43. The van der Waals surface area contributed by atoms with Crippen LogP contribution in [-0.4, -0.2) is 31.2 Å². The molecular weight excluding hydrogens is 415 g/mol. The molecule has 0 atom stereocenters. The fraction of sp³-hybridized carbons (Fsp3) is 0.316. The lowest BCUT2D eigenvalue weighted by atomic mass is 10.2. The summed E-state index contributed by atoms with van der Waals surface area (Å²) in [4.78, 5) is 0. The molecule has 0 aliphatic heterocycles. The average molecular weight is 437 g/mol. The number of aromatic nitrogens is 4. The highest BCUT2D eigenvalue weighted by atomic mass is 35.5. The fourth-order valence-corrected chi connectivity index (χ4v) is 3.25. The van der Waals surface area contributed by atoms with Gasteiger partial charge in [0, 0.05) is 30.4 Å². The standard InChI is InChI=1S/C19H22Cl2N6S/c1-13-18(21)14(2)27(24-13)10-3-9-22-19(28)23-17-8-11-26(25-17)12-15-4-6-16(20)7-5-15/h4-8,11H,3,9-10,12H2,1-2H3,(H2,22,23,25,28). The van der Waals surface area contributed by atoms with Crippen molar-refractivity contribution in [1.82, 2.24) is 24.9 Å². The van der Waals surface area contributed by atoms with Crippen LogP contribution in [0, 0.1) is 13.8 Å². The zero-order valence-corrected chi connectivity index (χ0v) is 18.1. The van der Waals surface area contributed by atoms with Crippen molar-refractivity contribution in [3.8, 4) is 0 Å². The van der Waals surface area contributed by atoms with Crippen LogP contribution in [0.15, 0.2) is 36.5 Å². The van der Waals surface area contributed by atoms with Gasteiger partial charge in [-0.2, -0.15) is 10.2 Å². The maximum absolute atomic E-state index is 6.17. The zero-order valence-electron chi connectivity index (χ0n) is 15.7. The minimum atomic E-state index is 0.545. The van der Waals surface area contributed by atoms with Crippen LogP contribution < -0.4 is 10.6 Å². The molecule has 0 saturated carbocycles. The number of nitrogens with zero attached hydrogens (tertiary/aromatic N) is 4. The second-order valence-electron chi connectivity index (χ2n) is 6.47. The second kappa shape index (κ2) is 9.41. The van der Waals surface area contributed by atoms with Crippen LogP contribution in [-0.2, 0) is 13.1 Å². The van der Waals surface area contributed by atoms with E-state index in [2.05, 4.69) is 20.8 Å². The van der Waals surface area contributed by atoms with Gasteiger partial charge in [-0.25, -0.2) is 0 Å². The number of anilines is 1. The number of rotatable bonds is 7. The molecule has 0 spiro atoms. The first kappa shape index (κ1) is 20.6. The maximum Gasteiger partial charge on any atom is 0.171 e. The van der Waals surface area contributed by atoms with Gasteiger partial charge in [0.05, 0.1) is 23.0 Å². The summed E-state index contributed by atoms with van der Waals surface area (Å²) in [5, 5.41) is 17.2. The first-order valence-corrected chi connectivity index (χ1v) is 10.1. The molecule has 2 N–H and O–H groups in total. The van der Waals surface area contributed by atoms with Gasteiger partial charge in [-0.3, -0.25) is 9.36 Å². The first-order valence-electron chi connectivity index (χ1n) is 8.94. The quantitative estimate of drug-likeness (QED) is 0.423. The van der Waals surface area contributed by atoms with Gasteiger partial charge in [0.1, 0.15) is 0 Å². The van der Waals surface area contributed by atoms with Crippen molar-refractivity contribution in [3.05, 3.63) is 63.5 Å². The number of nitrogens with one attached hydrogen (secondary N) is 2. The lowest BCUT2D eigenvalue weighted by Gasteiger charge is -2.09. The lowest BCUT2D eigenvalue weighted by Crippen LogP contribution is -2.30. The summed E-state index contributed by atoms with van der Waals surface area (Å²) >= 11 is 17.4. The van der Waals surface area contributed by atoms with Crippen LogP contribution in [0.25, 0.3) is 0 Å². The topological polar surface area (TPSA) is 59.7 Å². The molecule has 3 aromatic rings. The molecule has 0 bridgehead atoms. The molecule has 0 saturated heterocycles. The van der Waals surface area contributed by atoms with E-state index in [0.717, 1.165) is 46.5 Å². The third-order valence-electron chi connectivity index (χ3n) is 4.27. The van der Waals surface area contributed by atoms with E-state index in [0.29, 0.717) is 17.5 Å². The summed E-state index contributed by atoms with van der Waals surface area (Å²) in [6.45, 7) is 6.07. The zero-order chi connectivity index (χ0) is 20.1. The highest BCUT2D eigenvalue weighted by Gasteiger charge is 2.08. The third kappa shape index (κ3) is 5.47. The number of aryl methyl sites for hydroxylation is 2. The molecule has 2 heterocycles. The molecule has 0 aliphatic carbocycles. The largest absolute Gasteiger partial charge is 0.362 e. The van der Waals surface area contributed by atoms with E-state index in [1.807, 2.05) is 59.7 Å². The number of hydrogen-bond donors (Lipinski definition) is 2. The van der Waals surface area contributed by atoms with E-state index >= 15 is 0 Å². The summed E-state index contributed by atoms with van der Waals surface area (Å²) in [7, 11) is 0. The van der Waals surface area contributed by atoms with Crippen molar-refractivity contribution in [2.45, 2.75) is 33.4 Å². The molecule has 0 aliphatic rings. The van der Waals surface area contributed by atoms with E-state index in [-0.39, 0.29) is 0 Å². The van der Waals surface area contributed by atoms with Gasteiger partial charge in [0.15, 0.2) is 10.9 Å². The van der Waals surface area contributed by atoms with E-state index in [9.17, 15) is 0 Å². The summed E-state index contributed by atoms with van der Waals surface area (Å²) in [6, 6.07) is 9.61. The van der Waals surface area contributed by atoms with Gasteiger partial charge in [-0.15, -0.1) is 0 Å². The van der Waals surface area contributed by atoms with Gasteiger partial charge in [-0.05, 0) is 50.2 Å². The Bertz CT molecular complexity index is 948. The Labute approximate surface area is 179 Å². The summed E-state index contributed by atoms with van der Waals surface area (Å²) in [5.41, 5.74) is 2.98. The van der Waals surface area contributed by atoms with E-state index in [1.54, 1.807) is 0 Å². The molecule has 0 amide bonds. The minimum absolute atomic E-state index is 0.545. The summed E-state index contributed by atoms with van der Waals surface area (Å²) in [6.07, 6.45) is 2.79. The van der Waals surface area contributed by atoms with E-state index in [4.69, 9.17) is 35.4 Å². The molecule has 6 nitrogen and oxygen atoms in total. The Hall–Kier alpha value is -2.09. The average Bonchev–Trinajstić information content (AvgIpc) is 3.20. The van der Waals surface area contributed by atoms with Crippen molar-refractivity contribution in [3.63, 3.8) is 0 Å².